The summed E-state index contributed by atoms with van der Waals surface area (Å²) >= 11 is 4.46. The smallest absolute Gasteiger partial charge is 0.129 e. The highest BCUT2D eigenvalue weighted by Crippen LogP contribution is 2.29. The summed E-state index contributed by atoms with van der Waals surface area (Å²) in [5.74, 6) is 0. The van der Waals surface area contributed by atoms with Gasteiger partial charge in [0.2, 0.25) is 0 Å². The van der Waals surface area contributed by atoms with Gasteiger partial charge < -0.3 is 24.1 Å². The molecule has 5 nitrogen and oxygen atoms in total. The minimum atomic E-state index is -0.941. The Morgan fingerprint density at radius 1 is 0.667 bits per heavy atom. The SMILES string of the molecule is O[C@@H]1[C@@H](OCc2ccccc2)[C@H](OCc2ccccc2)[C@@H](COCc2ccccc2)O[C@@H]1S. The van der Waals surface area contributed by atoms with Crippen LogP contribution in [0.3, 0.4) is 0 Å². The Labute approximate surface area is 200 Å². The third kappa shape index (κ3) is 6.90. The lowest BCUT2D eigenvalue weighted by atomic mass is 9.99. The summed E-state index contributed by atoms with van der Waals surface area (Å²) in [5.41, 5.74) is 2.43. The second-order valence-corrected chi connectivity index (χ2v) is 8.59. The maximum absolute atomic E-state index is 10.9. The van der Waals surface area contributed by atoms with Gasteiger partial charge in [-0.2, -0.15) is 0 Å². The first-order valence-corrected chi connectivity index (χ1v) is 11.7. The van der Waals surface area contributed by atoms with Gasteiger partial charge in [0, 0.05) is 0 Å². The molecule has 3 aromatic rings. The van der Waals surface area contributed by atoms with Crippen LogP contribution in [0.1, 0.15) is 16.7 Å². The molecule has 1 aliphatic heterocycles. The van der Waals surface area contributed by atoms with Crippen molar-refractivity contribution < 1.29 is 24.1 Å². The zero-order valence-corrected chi connectivity index (χ0v) is 19.3. The molecule has 33 heavy (non-hydrogen) atoms. The molecule has 0 unspecified atom stereocenters. The number of hydrogen-bond acceptors (Lipinski definition) is 6. The van der Waals surface area contributed by atoms with Gasteiger partial charge in [-0.25, -0.2) is 0 Å². The Kier molecular flexibility index (Phi) is 8.94. The molecule has 0 spiro atoms. The molecule has 5 atom stereocenters. The van der Waals surface area contributed by atoms with E-state index >= 15 is 0 Å². The molecule has 0 bridgehead atoms. The normalized spacial score (nSPS) is 25.1. The van der Waals surface area contributed by atoms with E-state index in [9.17, 15) is 5.11 Å². The summed E-state index contributed by atoms with van der Waals surface area (Å²) in [6, 6.07) is 29.7. The van der Waals surface area contributed by atoms with E-state index in [-0.39, 0.29) is 0 Å². The van der Waals surface area contributed by atoms with E-state index in [1.165, 1.54) is 0 Å². The molecular weight excluding hydrogens is 436 g/mol. The van der Waals surface area contributed by atoms with Crippen molar-refractivity contribution in [3.63, 3.8) is 0 Å². The minimum Gasteiger partial charge on any atom is -0.387 e. The lowest BCUT2D eigenvalue weighted by molar-refractivity contribution is -0.242. The Morgan fingerprint density at radius 3 is 1.64 bits per heavy atom. The van der Waals surface area contributed by atoms with E-state index in [0.717, 1.165) is 16.7 Å². The fourth-order valence-corrected chi connectivity index (χ4v) is 4.16. The highest BCUT2D eigenvalue weighted by Gasteiger charge is 2.45. The van der Waals surface area contributed by atoms with Gasteiger partial charge in [-0.15, -0.1) is 12.6 Å². The van der Waals surface area contributed by atoms with Crippen LogP contribution in [0.2, 0.25) is 0 Å². The van der Waals surface area contributed by atoms with Gasteiger partial charge >= 0.3 is 0 Å². The Balaban J connectivity index is 1.46. The van der Waals surface area contributed by atoms with Crippen molar-refractivity contribution in [3.8, 4) is 0 Å². The molecule has 0 aromatic heterocycles. The summed E-state index contributed by atoms with van der Waals surface area (Å²) in [4.78, 5) is 0. The van der Waals surface area contributed by atoms with Crippen LogP contribution in [-0.4, -0.2) is 41.6 Å². The maximum atomic E-state index is 10.9. The van der Waals surface area contributed by atoms with Crippen LogP contribution in [0.4, 0.5) is 0 Å². The van der Waals surface area contributed by atoms with E-state index in [0.29, 0.717) is 26.4 Å². The van der Waals surface area contributed by atoms with Crippen molar-refractivity contribution in [2.75, 3.05) is 6.61 Å². The molecule has 174 valence electrons. The number of rotatable bonds is 10. The van der Waals surface area contributed by atoms with Crippen molar-refractivity contribution in [3.05, 3.63) is 108 Å². The summed E-state index contributed by atoms with van der Waals surface area (Å²) in [5, 5.41) is 10.9. The first-order chi connectivity index (χ1) is 16.2. The van der Waals surface area contributed by atoms with Crippen LogP contribution >= 0.6 is 12.6 Å². The topological polar surface area (TPSA) is 57.2 Å². The van der Waals surface area contributed by atoms with Crippen molar-refractivity contribution in [2.24, 2.45) is 0 Å². The lowest BCUT2D eigenvalue weighted by Gasteiger charge is -2.43. The quantitative estimate of drug-likeness (QED) is 0.434. The third-order valence-corrected chi connectivity index (χ3v) is 6.02. The molecule has 1 N–H and O–H groups in total. The van der Waals surface area contributed by atoms with Gasteiger partial charge in [0.15, 0.2) is 0 Å². The first-order valence-electron chi connectivity index (χ1n) is 11.1. The summed E-state index contributed by atoms with van der Waals surface area (Å²) < 4.78 is 24.4. The average molecular weight is 467 g/mol. The van der Waals surface area contributed by atoms with Crippen LogP contribution < -0.4 is 0 Å². The van der Waals surface area contributed by atoms with Crippen LogP contribution in [0.25, 0.3) is 0 Å². The van der Waals surface area contributed by atoms with E-state index in [1.54, 1.807) is 0 Å². The fourth-order valence-electron chi connectivity index (χ4n) is 3.84. The predicted octanol–water partition coefficient (Wildman–Crippen LogP) is 4.39. The van der Waals surface area contributed by atoms with E-state index in [2.05, 4.69) is 12.6 Å². The molecule has 0 aliphatic carbocycles. The highest BCUT2D eigenvalue weighted by atomic mass is 32.1. The van der Waals surface area contributed by atoms with Gasteiger partial charge in [-0.05, 0) is 16.7 Å². The average Bonchev–Trinajstić information content (AvgIpc) is 2.86. The first kappa shape index (κ1) is 24.0. The number of aliphatic hydroxyl groups is 1. The van der Waals surface area contributed by atoms with Crippen molar-refractivity contribution in [1.29, 1.82) is 0 Å². The number of aliphatic hydroxyl groups excluding tert-OH is 1. The van der Waals surface area contributed by atoms with Crippen molar-refractivity contribution in [1.82, 2.24) is 0 Å². The molecule has 1 saturated heterocycles. The maximum Gasteiger partial charge on any atom is 0.129 e. The largest absolute Gasteiger partial charge is 0.387 e. The third-order valence-electron chi connectivity index (χ3n) is 5.60. The predicted molar refractivity (Wildman–Crippen MR) is 130 cm³/mol. The van der Waals surface area contributed by atoms with E-state index < -0.39 is 29.9 Å². The second-order valence-electron chi connectivity index (χ2n) is 8.08. The summed E-state index contributed by atoms with van der Waals surface area (Å²) in [6.45, 7) is 1.48. The fraction of sp³-hybridized carbons (Fsp3) is 0.333. The molecule has 3 aromatic carbocycles. The van der Waals surface area contributed by atoms with Crippen LogP contribution in [0, 0.1) is 0 Å². The molecule has 0 amide bonds. The summed E-state index contributed by atoms with van der Waals surface area (Å²) in [7, 11) is 0. The molecule has 1 aliphatic rings. The second kappa shape index (κ2) is 12.3. The van der Waals surface area contributed by atoms with Crippen molar-refractivity contribution >= 4 is 12.6 Å². The van der Waals surface area contributed by atoms with Crippen LogP contribution in [-0.2, 0) is 38.8 Å². The number of hydrogen-bond donors (Lipinski definition) is 2. The number of thiol groups is 1. The Hall–Kier alpha value is -2.19. The summed E-state index contributed by atoms with van der Waals surface area (Å²) in [6.07, 6.45) is -2.52. The minimum absolute atomic E-state index is 0.295. The molecule has 1 heterocycles. The van der Waals surface area contributed by atoms with Gasteiger partial charge in [-0.3, -0.25) is 0 Å². The zero-order valence-electron chi connectivity index (χ0n) is 18.4. The van der Waals surface area contributed by atoms with Crippen molar-refractivity contribution in [2.45, 2.75) is 49.7 Å². The molecule has 6 heteroatoms. The number of ether oxygens (including phenoxy) is 4. The van der Waals surface area contributed by atoms with Gasteiger partial charge in [0.25, 0.3) is 0 Å². The molecule has 0 saturated carbocycles. The Morgan fingerprint density at radius 2 is 1.12 bits per heavy atom. The standard InChI is InChI=1S/C27H30O5S/c28-24-26(31-18-22-14-8-3-9-15-22)25(30-17-21-12-6-2-7-13-21)23(32-27(24)33)19-29-16-20-10-4-1-5-11-20/h1-15,23-28,33H,16-19H2/t23-,24-,25-,26-,27-/m1/s1. The van der Waals surface area contributed by atoms with Gasteiger partial charge in [0.1, 0.15) is 29.9 Å². The lowest BCUT2D eigenvalue weighted by Crippen LogP contribution is -2.59. The Bertz CT molecular complexity index is 941. The molecule has 4 rings (SSSR count). The zero-order chi connectivity index (χ0) is 22.9. The molecular formula is C27H30O5S. The van der Waals surface area contributed by atoms with Gasteiger partial charge in [0.05, 0.1) is 26.4 Å². The number of benzene rings is 3. The van der Waals surface area contributed by atoms with Crippen LogP contribution in [0.5, 0.6) is 0 Å². The van der Waals surface area contributed by atoms with E-state index in [1.807, 2.05) is 91.0 Å². The molecule has 1 fully saturated rings. The highest BCUT2D eigenvalue weighted by molar-refractivity contribution is 7.80. The van der Waals surface area contributed by atoms with Gasteiger partial charge in [-0.1, -0.05) is 91.0 Å². The van der Waals surface area contributed by atoms with Crippen LogP contribution in [0.15, 0.2) is 91.0 Å². The monoisotopic (exact) mass is 466 g/mol. The molecule has 0 radical (unpaired) electrons. The van der Waals surface area contributed by atoms with E-state index in [4.69, 9.17) is 18.9 Å².